The Kier molecular flexibility index (Phi) is 4.85. The number of hydrogen-bond acceptors (Lipinski definition) is 2. The Morgan fingerprint density at radius 3 is 2.60 bits per heavy atom. The van der Waals surface area contributed by atoms with Crippen molar-refractivity contribution in [1.29, 1.82) is 0 Å². The van der Waals surface area contributed by atoms with E-state index < -0.39 is 0 Å². The Balaban J connectivity index is 2.34. The van der Waals surface area contributed by atoms with Crippen molar-refractivity contribution in [2.24, 2.45) is 0 Å². The summed E-state index contributed by atoms with van der Waals surface area (Å²) < 4.78 is 19.2. The van der Waals surface area contributed by atoms with Gasteiger partial charge in [-0.3, -0.25) is 0 Å². The monoisotopic (exact) mass is 293 g/mol. The first kappa shape index (κ1) is 14.7. The van der Waals surface area contributed by atoms with Gasteiger partial charge in [0.1, 0.15) is 11.6 Å². The lowest BCUT2D eigenvalue weighted by atomic mass is 10.0. The molecule has 2 nitrogen and oxygen atoms in total. The van der Waals surface area contributed by atoms with Crippen molar-refractivity contribution >= 4 is 17.3 Å². The van der Waals surface area contributed by atoms with Crippen LogP contribution in [0.1, 0.15) is 24.9 Å². The molecule has 0 amide bonds. The fraction of sp³-hybridized carbons (Fsp3) is 0.250. The van der Waals surface area contributed by atoms with Gasteiger partial charge in [0.05, 0.1) is 23.9 Å². The molecule has 2 rings (SSSR count). The van der Waals surface area contributed by atoms with Gasteiger partial charge in [-0.1, -0.05) is 42.8 Å². The minimum atomic E-state index is -0.356. The third-order valence-electron chi connectivity index (χ3n) is 3.20. The van der Waals surface area contributed by atoms with E-state index in [0.29, 0.717) is 10.7 Å². The number of anilines is 1. The molecule has 0 aliphatic rings. The van der Waals surface area contributed by atoms with Crippen LogP contribution in [0.4, 0.5) is 10.1 Å². The second-order valence-electron chi connectivity index (χ2n) is 4.44. The van der Waals surface area contributed by atoms with Crippen LogP contribution in [0.5, 0.6) is 5.75 Å². The van der Waals surface area contributed by atoms with Crippen molar-refractivity contribution in [2.45, 2.75) is 19.4 Å². The average molecular weight is 294 g/mol. The topological polar surface area (TPSA) is 21.3 Å². The molecule has 0 saturated heterocycles. The molecular formula is C16H17ClFNO. The number of rotatable bonds is 5. The predicted octanol–water partition coefficient (Wildman–Crippen LogP) is 5.05. The van der Waals surface area contributed by atoms with Crippen molar-refractivity contribution in [1.82, 2.24) is 0 Å². The van der Waals surface area contributed by atoms with Crippen LogP contribution in [0, 0.1) is 5.82 Å². The molecule has 2 aromatic carbocycles. The van der Waals surface area contributed by atoms with Gasteiger partial charge in [-0.25, -0.2) is 4.39 Å². The first-order valence-corrected chi connectivity index (χ1v) is 6.88. The largest absolute Gasteiger partial charge is 0.496 e. The second kappa shape index (κ2) is 6.62. The van der Waals surface area contributed by atoms with E-state index in [-0.39, 0.29) is 11.9 Å². The summed E-state index contributed by atoms with van der Waals surface area (Å²) in [5.74, 6) is 0.421. The molecular weight excluding hydrogens is 277 g/mol. The van der Waals surface area contributed by atoms with Crippen LogP contribution in [0.2, 0.25) is 5.02 Å². The predicted molar refractivity (Wildman–Crippen MR) is 81.1 cm³/mol. The van der Waals surface area contributed by atoms with Gasteiger partial charge in [-0.05, 0) is 24.6 Å². The summed E-state index contributed by atoms with van der Waals surface area (Å²) in [6.07, 6.45) is 0.783. The quantitative estimate of drug-likeness (QED) is 0.833. The molecule has 0 heterocycles. The second-order valence-corrected chi connectivity index (χ2v) is 4.85. The third-order valence-corrected chi connectivity index (χ3v) is 3.52. The number of halogens is 2. The van der Waals surface area contributed by atoms with Crippen LogP contribution < -0.4 is 10.1 Å². The molecule has 0 aliphatic carbocycles. The lowest BCUT2D eigenvalue weighted by Crippen LogP contribution is -2.12. The van der Waals surface area contributed by atoms with Gasteiger partial charge in [-0.2, -0.15) is 0 Å². The first-order chi connectivity index (χ1) is 9.67. The number of benzene rings is 2. The van der Waals surface area contributed by atoms with E-state index in [9.17, 15) is 4.39 Å². The SMILES string of the molecule is CCC(Nc1c(F)cccc1Cl)c1ccccc1OC. The van der Waals surface area contributed by atoms with E-state index in [1.54, 1.807) is 19.2 Å². The van der Waals surface area contributed by atoms with Gasteiger partial charge < -0.3 is 10.1 Å². The Labute approximate surface area is 123 Å². The molecule has 1 N–H and O–H groups in total. The van der Waals surface area contributed by atoms with Crippen LogP contribution in [0.25, 0.3) is 0 Å². The summed E-state index contributed by atoms with van der Waals surface area (Å²) >= 11 is 6.06. The molecule has 0 bridgehead atoms. The number of ether oxygens (including phenoxy) is 1. The zero-order chi connectivity index (χ0) is 14.5. The van der Waals surface area contributed by atoms with Crippen LogP contribution in [0.3, 0.4) is 0 Å². The Morgan fingerprint density at radius 2 is 1.95 bits per heavy atom. The number of hydrogen-bond donors (Lipinski definition) is 1. The van der Waals surface area contributed by atoms with Crippen molar-refractivity contribution < 1.29 is 9.13 Å². The van der Waals surface area contributed by atoms with Gasteiger partial charge in [0.15, 0.2) is 0 Å². The fourth-order valence-corrected chi connectivity index (χ4v) is 2.38. The van der Waals surface area contributed by atoms with Gasteiger partial charge in [-0.15, -0.1) is 0 Å². The molecule has 0 radical (unpaired) electrons. The van der Waals surface area contributed by atoms with Crippen molar-refractivity contribution in [3.05, 3.63) is 58.9 Å². The molecule has 106 valence electrons. The molecule has 1 atom stereocenters. The maximum absolute atomic E-state index is 13.9. The van der Waals surface area contributed by atoms with Crippen LogP contribution >= 0.6 is 11.6 Å². The maximum atomic E-state index is 13.9. The molecule has 0 saturated carbocycles. The van der Waals surface area contributed by atoms with E-state index >= 15 is 0 Å². The fourth-order valence-electron chi connectivity index (χ4n) is 2.16. The summed E-state index contributed by atoms with van der Waals surface area (Å²) in [5, 5.41) is 3.54. The Bertz CT molecular complexity index is 568. The van der Waals surface area contributed by atoms with Gasteiger partial charge in [0.2, 0.25) is 0 Å². The highest BCUT2D eigenvalue weighted by molar-refractivity contribution is 6.33. The molecule has 0 aromatic heterocycles. The Hall–Kier alpha value is -1.74. The molecule has 2 aromatic rings. The molecule has 0 fully saturated rings. The van der Waals surface area contributed by atoms with E-state index in [0.717, 1.165) is 17.7 Å². The highest BCUT2D eigenvalue weighted by Crippen LogP contribution is 2.33. The standard InChI is InChI=1S/C16H17ClFNO/c1-3-14(11-7-4-5-10-15(11)20-2)19-16-12(17)8-6-9-13(16)18/h4-10,14,19H,3H2,1-2H3. The normalized spacial score (nSPS) is 12.0. The van der Waals surface area contributed by atoms with E-state index in [2.05, 4.69) is 5.32 Å². The van der Waals surface area contributed by atoms with Gasteiger partial charge >= 0.3 is 0 Å². The minimum absolute atomic E-state index is 0.0689. The minimum Gasteiger partial charge on any atom is -0.496 e. The lowest BCUT2D eigenvalue weighted by Gasteiger charge is -2.22. The number of nitrogens with one attached hydrogen (secondary N) is 1. The van der Waals surface area contributed by atoms with Crippen LogP contribution in [-0.4, -0.2) is 7.11 Å². The summed E-state index contributed by atoms with van der Waals surface area (Å²) in [4.78, 5) is 0. The molecule has 0 spiro atoms. The maximum Gasteiger partial charge on any atom is 0.147 e. The summed E-state index contributed by atoms with van der Waals surface area (Å²) in [6.45, 7) is 2.03. The van der Waals surface area contributed by atoms with Crippen LogP contribution in [0.15, 0.2) is 42.5 Å². The number of methoxy groups -OCH3 is 1. The summed E-state index contributed by atoms with van der Waals surface area (Å²) in [6, 6.07) is 12.3. The smallest absolute Gasteiger partial charge is 0.147 e. The molecule has 4 heteroatoms. The van der Waals surface area contributed by atoms with Crippen molar-refractivity contribution in [3.8, 4) is 5.75 Å². The molecule has 0 aliphatic heterocycles. The number of para-hydroxylation sites is 2. The van der Waals surface area contributed by atoms with E-state index in [1.165, 1.54) is 6.07 Å². The first-order valence-electron chi connectivity index (χ1n) is 6.50. The average Bonchev–Trinajstić information content (AvgIpc) is 2.47. The highest BCUT2D eigenvalue weighted by Gasteiger charge is 2.17. The summed E-state index contributed by atoms with van der Waals surface area (Å²) in [5.41, 5.74) is 1.31. The van der Waals surface area contributed by atoms with Crippen LogP contribution in [-0.2, 0) is 0 Å². The zero-order valence-corrected chi connectivity index (χ0v) is 12.2. The van der Waals surface area contributed by atoms with Gasteiger partial charge in [0.25, 0.3) is 0 Å². The van der Waals surface area contributed by atoms with Crippen molar-refractivity contribution in [2.75, 3.05) is 12.4 Å². The zero-order valence-electron chi connectivity index (χ0n) is 11.5. The van der Waals surface area contributed by atoms with E-state index in [1.807, 2.05) is 31.2 Å². The molecule has 20 heavy (non-hydrogen) atoms. The summed E-state index contributed by atoms with van der Waals surface area (Å²) in [7, 11) is 1.63. The van der Waals surface area contributed by atoms with Gasteiger partial charge in [0, 0.05) is 5.56 Å². The highest BCUT2D eigenvalue weighted by atomic mass is 35.5. The molecule has 1 unspecified atom stereocenters. The third kappa shape index (κ3) is 3.05. The van der Waals surface area contributed by atoms with E-state index in [4.69, 9.17) is 16.3 Å². The Morgan fingerprint density at radius 1 is 1.20 bits per heavy atom. The lowest BCUT2D eigenvalue weighted by molar-refractivity contribution is 0.406. The van der Waals surface area contributed by atoms with Crippen molar-refractivity contribution in [3.63, 3.8) is 0 Å².